The monoisotopic (exact) mass is 432 g/mol. The molecule has 2 heterocycles. The molecule has 1 aromatic heterocycles. The Bertz CT molecular complexity index is 861. The van der Waals surface area contributed by atoms with Gasteiger partial charge >= 0.3 is 5.88 Å². The summed E-state index contributed by atoms with van der Waals surface area (Å²) in [6.45, 7) is 11.6. The van der Waals surface area contributed by atoms with Crippen LogP contribution >= 0.6 is 11.8 Å². The van der Waals surface area contributed by atoms with E-state index in [4.69, 9.17) is 4.52 Å². The van der Waals surface area contributed by atoms with Crippen LogP contribution in [0.25, 0.3) is 0 Å². The van der Waals surface area contributed by atoms with Gasteiger partial charge in [0.05, 0.1) is 23.3 Å². The molecule has 1 aliphatic rings. The zero-order chi connectivity index (χ0) is 21.7. The predicted octanol–water partition coefficient (Wildman–Crippen LogP) is 2.16. The van der Waals surface area contributed by atoms with E-state index in [-0.39, 0.29) is 11.0 Å². The number of hydrogen-bond donors (Lipinski definition) is 1. The number of nitrogens with one attached hydrogen (secondary N) is 1. The summed E-state index contributed by atoms with van der Waals surface area (Å²) >= 11 is 1.14. The highest BCUT2D eigenvalue weighted by Crippen LogP contribution is 2.26. The number of aromatic nitrogens is 2. The molecule has 0 saturated carbocycles. The van der Waals surface area contributed by atoms with Crippen LogP contribution in [0.4, 0.5) is 5.88 Å². The third kappa shape index (κ3) is 5.60. The van der Waals surface area contributed by atoms with Gasteiger partial charge < -0.3 is 0 Å². The van der Waals surface area contributed by atoms with E-state index >= 15 is 0 Å². The minimum absolute atomic E-state index is 0.0467. The zero-order valence-electron chi connectivity index (χ0n) is 18.0. The summed E-state index contributed by atoms with van der Waals surface area (Å²) in [5.41, 5.74) is -0.122. The Labute approximate surface area is 181 Å². The first kappa shape index (κ1) is 22.3. The van der Waals surface area contributed by atoms with Gasteiger partial charge in [-0.3, -0.25) is 24.3 Å². The molecule has 1 N–H and O–H groups in total. The van der Waals surface area contributed by atoms with E-state index in [2.05, 4.69) is 34.3 Å². The molecule has 0 unspecified atom stereocenters. The maximum absolute atomic E-state index is 12.7. The molecule has 1 amide bonds. The largest absolute Gasteiger partial charge is 0.305 e. The Hall–Kier alpha value is -2.39. The van der Waals surface area contributed by atoms with Crippen molar-refractivity contribution in [1.29, 1.82) is 0 Å². The lowest BCUT2D eigenvalue weighted by Crippen LogP contribution is -2.65. The van der Waals surface area contributed by atoms with E-state index < -0.39 is 5.41 Å². The normalized spacial score (nSPS) is 15.4. The number of piperazine rings is 1. The molecule has 1 aromatic carbocycles. The van der Waals surface area contributed by atoms with Crippen molar-refractivity contribution >= 4 is 28.7 Å². The second-order valence-electron chi connectivity index (χ2n) is 8.35. The third-order valence-corrected chi connectivity index (χ3v) is 6.56. The summed E-state index contributed by atoms with van der Waals surface area (Å²) in [5.74, 6) is 0.431. The van der Waals surface area contributed by atoms with Crippen molar-refractivity contribution in [1.82, 2.24) is 10.2 Å². The van der Waals surface area contributed by atoms with Crippen LogP contribution in [-0.2, 0) is 4.79 Å². The van der Waals surface area contributed by atoms with Crippen LogP contribution in [0.5, 0.6) is 0 Å². The molecule has 0 spiro atoms. The second kappa shape index (κ2) is 9.61. The Kier molecular flexibility index (Phi) is 7.14. The first-order chi connectivity index (χ1) is 14.3. The summed E-state index contributed by atoms with van der Waals surface area (Å²) < 4.78 is 5.30. The molecule has 0 atom stereocenters. The molecule has 0 radical (unpaired) electrons. The number of benzene rings is 1. The third-order valence-electron chi connectivity index (χ3n) is 5.19. The van der Waals surface area contributed by atoms with Crippen molar-refractivity contribution in [2.75, 3.05) is 42.3 Å². The number of carbonyl (C=O) groups excluding carboxylic acids is 2. The van der Waals surface area contributed by atoms with Gasteiger partial charge in [0.25, 0.3) is 6.20 Å². The fraction of sp³-hybridized carbons (Fsp3) is 0.524. The number of nitrogens with zero attached hydrogens (tertiary/aromatic N) is 4. The van der Waals surface area contributed by atoms with E-state index in [1.165, 1.54) is 0 Å². The quantitative estimate of drug-likeness (QED) is 0.672. The van der Waals surface area contributed by atoms with E-state index in [0.29, 0.717) is 23.2 Å². The maximum Gasteiger partial charge on any atom is 0.305 e. The van der Waals surface area contributed by atoms with Crippen LogP contribution in [0.15, 0.2) is 41.1 Å². The Morgan fingerprint density at radius 2 is 1.87 bits per heavy atom. The van der Waals surface area contributed by atoms with E-state index in [1.54, 1.807) is 23.1 Å². The summed E-state index contributed by atoms with van der Waals surface area (Å²) in [5, 5.41) is 8.85. The van der Waals surface area contributed by atoms with E-state index in [9.17, 15) is 9.59 Å². The minimum atomic E-state index is -0.754. The second-order valence-corrected chi connectivity index (χ2v) is 9.30. The van der Waals surface area contributed by atoms with Crippen molar-refractivity contribution in [3.63, 3.8) is 0 Å². The summed E-state index contributed by atoms with van der Waals surface area (Å²) in [6.07, 6.45) is 1.68. The van der Waals surface area contributed by atoms with Crippen LogP contribution < -0.4 is 15.1 Å². The molecule has 9 heteroatoms. The van der Waals surface area contributed by atoms with Gasteiger partial charge in [0.15, 0.2) is 0 Å². The molecule has 1 aliphatic heterocycles. The van der Waals surface area contributed by atoms with Crippen molar-refractivity contribution in [2.24, 2.45) is 5.41 Å². The summed E-state index contributed by atoms with van der Waals surface area (Å²) in [4.78, 5) is 29.1. The van der Waals surface area contributed by atoms with Crippen molar-refractivity contribution in [2.45, 2.75) is 33.7 Å². The van der Waals surface area contributed by atoms with Crippen LogP contribution in [-0.4, -0.2) is 59.2 Å². The van der Waals surface area contributed by atoms with Gasteiger partial charge in [0.1, 0.15) is 0 Å². The fourth-order valence-corrected chi connectivity index (χ4v) is 4.03. The zero-order valence-corrected chi connectivity index (χ0v) is 18.8. The summed E-state index contributed by atoms with van der Waals surface area (Å²) in [6, 6.07) is 9.60. The standard InChI is InChI=1S/C21H29N5O3S/c1-16(2)24-10-12-25(13-11-24)26-14-18(29-23-26)22-20(28)21(3,4)15-30-19(27)17-8-6-5-7-9-17/h5-9,14,16H,10-13,15H2,1-4H3/p+1. The van der Waals surface area contributed by atoms with Gasteiger partial charge in [0.2, 0.25) is 16.3 Å². The van der Waals surface area contributed by atoms with Gasteiger partial charge in [-0.15, -0.1) is 0 Å². The molecule has 8 nitrogen and oxygen atoms in total. The van der Waals surface area contributed by atoms with Crippen LogP contribution in [0.3, 0.4) is 0 Å². The average molecular weight is 433 g/mol. The number of thioether (sulfide) groups is 1. The van der Waals surface area contributed by atoms with Gasteiger partial charge in [-0.2, -0.15) is 5.01 Å². The number of amides is 1. The minimum Gasteiger partial charge on any atom is -0.297 e. The Morgan fingerprint density at radius 1 is 1.20 bits per heavy atom. The highest BCUT2D eigenvalue weighted by Gasteiger charge is 2.32. The number of carbonyl (C=O) groups is 2. The van der Waals surface area contributed by atoms with E-state index in [1.807, 2.05) is 32.0 Å². The van der Waals surface area contributed by atoms with Gasteiger partial charge in [0, 0.05) is 30.4 Å². The molecule has 30 heavy (non-hydrogen) atoms. The highest BCUT2D eigenvalue weighted by molar-refractivity contribution is 8.14. The Morgan fingerprint density at radius 3 is 2.50 bits per heavy atom. The SMILES string of the molecule is CC(C)N1CCN([n+]2cc(NC(=O)C(C)(C)CSC(=O)c3ccccc3)on2)CC1. The topological polar surface area (TPSA) is 82.6 Å². The molecule has 1 fully saturated rings. The smallest absolute Gasteiger partial charge is 0.297 e. The average Bonchev–Trinajstić information content (AvgIpc) is 3.21. The lowest BCUT2D eigenvalue weighted by Gasteiger charge is -2.32. The molecular formula is C21H30N5O3S+. The molecule has 3 rings (SSSR count). The van der Waals surface area contributed by atoms with Crippen molar-refractivity contribution in [3.8, 4) is 0 Å². The molecule has 0 aliphatic carbocycles. The van der Waals surface area contributed by atoms with Gasteiger partial charge in [-0.05, 0) is 13.8 Å². The first-order valence-electron chi connectivity index (χ1n) is 10.2. The molecular weight excluding hydrogens is 402 g/mol. The fourth-order valence-electron chi connectivity index (χ4n) is 3.11. The maximum atomic E-state index is 12.7. The molecule has 1 saturated heterocycles. The lowest BCUT2D eigenvalue weighted by atomic mass is 9.95. The van der Waals surface area contributed by atoms with Crippen molar-refractivity contribution in [3.05, 3.63) is 42.1 Å². The number of hydrogen-bond acceptors (Lipinski definition) is 7. The Balaban J connectivity index is 1.52. The molecule has 2 aromatic rings. The summed E-state index contributed by atoms with van der Waals surface area (Å²) in [7, 11) is 0. The highest BCUT2D eigenvalue weighted by atomic mass is 32.2. The van der Waals surface area contributed by atoms with Crippen LogP contribution in [0.1, 0.15) is 38.1 Å². The predicted molar refractivity (Wildman–Crippen MR) is 117 cm³/mol. The van der Waals surface area contributed by atoms with E-state index in [0.717, 1.165) is 37.9 Å². The number of anilines is 1. The van der Waals surface area contributed by atoms with Gasteiger partial charge in [-0.25, -0.2) is 0 Å². The van der Waals surface area contributed by atoms with Crippen LogP contribution in [0.2, 0.25) is 0 Å². The molecule has 0 bridgehead atoms. The first-order valence-corrected chi connectivity index (χ1v) is 11.2. The molecule has 162 valence electrons. The number of rotatable bonds is 7. The lowest BCUT2D eigenvalue weighted by molar-refractivity contribution is -0.759. The van der Waals surface area contributed by atoms with Crippen molar-refractivity contribution < 1.29 is 18.9 Å². The van der Waals surface area contributed by atoms with Crippen LogP contribution in [0, 0.1) is 5.41 Å². The van der Waals surface area contributed by atoms with Gasteiger partial charge in [-0.1, -0.05) is 55.9 Å².